The van der Waals surface area contributed by atoms with Crippen molar-refractivity contribution < 1.29 is 49.4 Å². The Balaban J connectivity index is 0. The number of aliphatic hydroxyl groups is 2. The minimum atomic E-state index is -1.65. The summed E-state index contributed by atoms with van der Waals surface area (Å²) in [6, 6.07) is 0. The molecule has 136 valence electrons. The van der Waals surface area contributed by atoms with Crippen molar-refractivity contribution in [2.45, 2.75) is 38.6 Å². The number of hydrogen-bond acceptors (Lipinski definition) is 7. The Labute approximate surface area is 133 Å². The molecule has 0 rings (SSSR count). The van der Waals surface area contributed by atoms with E-state index in [0.717, 1.165) is 7.11 Å². The summed E-state index contributed by atoms with van der Waals surface area (Å²) in [4.78, 5) is 31.3. The molecule has 0 radical (unpaired) electrons. The molecular weight excluding hydrogens is 316 g/mol. The van der Waals surface area contributed by atoms with Crippen LogP contribution in [0.15, 0.2) is 0 Å². The number of hydrogen-bond donors (Lipinski definition) is 5. The second-order valence-corrected chi connectivity index (χ2v) is 4.71. The second-order valence-electron chi connectivity index (χ2n) is 4.71. The molecule has 0 aromatic rings. The molecular formula is C13H24O10. The fraction of sp³-hybridized carbons (Fsp3) is 0.769. The molecule has 0 bridgehead atoms. The van der Waals surface area contributed by atoms with Crippen LogP contribution in [0, 0.1) is 5.92 Å². The smallest absolute Gasteiger partial charge is 0.333 e. The molecule has 0 saturated carbocycles. The molecule has 0 aliphatic heterocycles. The van der Waals surface area contributed by atoms with Gasteiger partial charge in [-0.05, 0) is 13.8 Å². The number of carboxylic acid groups (broad SMARTS) is 3. The predicted octanol–water partition coefficient (Wildman–Crippen LogP) is -0.974. The number of aliphatic hydroxyl groups excluding tert-OH is 2. The Morgan fingerprint density at radius 1 is 1.04 bits per heavy atom. The number of carbonyl (C=O) groups is 3. The Kier molecular flexibility index (Phi) is 13.0. The summed E-state index contributed by atoms with van der Waals surface area (Å²) in [5.41, 5.74) is 0. The van der Waals surface area contributed by atoms with Crippen LogP contribution < -0.4 is 0 Å². The van der Waals surface area contributed by atoms with Crippen LogP contribution in [0.3, 0.4) is 0 Å². The van der Waals surface area contributed by atoms with Crippen molar-refractivity contribution in [1.29, 1.82) is 0 Å². The molecule has 0 aliphatic rings. The third-order valence-corrected chi connectivity index (χ3v) is 2.45. The third kappa shape index (κ3) is 12.5. The minimum absolute atomic E-state index is 0.00667. The van der Waals surface area contributed by atoms with Gasteiger partial charge in [0.05, 0.1) is 31.8 Å². The molecule has 10 heteroatoms. The van der Waals surface area contributed by atoms with Crippen LogP contribution in [0.5, 0.6) is 0 Å². The number of ether oxygens (including phenoxy) is 2. The van der Waals surface area contributed by atoms with E-state index < -0.39 is 42.5 Å². The van der Waals surface area contributed by atoms with E-state index in [9.17, 15) is 14.4 Å². The van der Waals surface area contributed by atoms with Gasteiger partial charge in [0.2, 0.25) is 0 Å². The zero-order valence-corrected chi connectivity index (χ0v) is 13.2. The van der Waals surface area contributed by atoms with Gasteiger partial charge in [-0.25, -0.2) is 4.79 Å². The fourth-order valence-corrected chi connectivity index (χ4v) is 1.31. The Morgan fingerprint density at radius 3 is 1.83 bits per heavy atom. The lowest BCUT2D eigenvalue weighted by atomic mass is 9.99. The lowest BCUT2D eigenvalue weighted by Gasteiger charge is -2.16. The monoisotopic (exact) mass is 340 g/mol. The molecule has 4 unspecified atom stereocenters. The molecule has 23 heavy (non-hydrogen) atoms. The lowest BCUT2D eigenvalue weighted by Crippen LogP contribution is -2.37. The first-order valence-electron chi connectivity index (χ1n) is 6.67. The van der Waals surface area contributed by atoms with E-state index in [1.807, 2.05) is 0 Å². The highest BCUT2D eigenvalue weighted by atomic mass is 16.5. The number of aliphatic carboxylic acids is 3. The topological polar surface area (TPSA) is 171 Å². The van der Waals surface area contributed by atoms with Gasteiger partial charge in [-0.15, -0.1) is 0 Å². The van der Waals surface area contributed by atoms with Crippen molar-refractivity contribution in [3.8, 4) is 0 Å². The first-order valence-corrected chi connectivity index (χ1v) is 6.67. The van der Waals surface area contributed by atoms with Crippen molar-refractivity contribution >= 4 is 17.9 Å². The molecule has 0 heterocycles. The molecule has 0 aliphatic carbocycles. The van der Waals surface area contributed by atoms with Gasteiger partial charge in [-0.1, -0.05) is 0 Å². The maximum absolute atomic E-state index is 10.5. The largest absolute Gasteiger partial charge is 0.481 e. The summed E-state index contributed by atoms with van der Waals surface area (Å²) >= 11 is 0. The number of rotatable bonds is 10. The van der Waals surface area contributed by atoms with Crippen LogP contribution in [0.4, 0.5) is 0 Å². The first kappa shape index (κ1) is 23.5. The number of carboxylic acids is 3. The van der Waals surface area contributed by atoms with Crippen molar-refractivity contribution in [1.82, 2.24) is 0 Å². The molecule has 0 saturated heterocycles. The highest BCUT2D eigenvalue weighted by Gasteiger charge is 2.35. The van der Waals surface area contributed by atoms with Gasteiger partial charge in [0.1, 0.15) is 5.92 Å². The van der Waals surface area contributed by atoms with Crippen molar-refractivity contribution in [3.05, 3.63) is 0 Å². The van der Waals surface area contributed by atoms with Crippen LogP contribution in [0.25, 0.3) is 0 Å². The molecule has 0 spiro atoms. The average Bonchev–Trinajstić information content (AvgIpc) is 2.44. The summed E-state index contributed by atoms with van der Waals surface area (Å²) in [7, 11) is 1.01. The lowest BCUT2D eigenvalue weighted by molar-refractivity contribution is -0.164. The van der Waals surface area contributed by atoms with Crippen LogP contribution in [-0.4, -0.2) is 82.1 Å². The minimum Gasteiger partial charge on any atom is -0.481 e. The standard InChI is InChI=1S/C7H10O7.C6H14O3/c1-14-5(7(12)13)3(6(10)11)2-4(8)9;1-5(8)4-9-6(2)3-7/h3,5H,2H2,1H3,(H,8,9)(H,10,11)(H,12,13);5-8H,3-4H2,1-2H3. The predicted molar refractivity (Wildman–Crippen MR) is 76.0 cm³/mol. The summed E-state index contributed by atoms with van der Waals surface area (Å²) in [5, 5.41) is 42.6. The molecule has 0 amide bonds. The van der Waals surface area contributed by atoms with Gasteiger partial charge in [-0.3, -0.25) is 9.59 Å². The molecule has 10 nitrogen and oxygen atoms in total. The zero-order valence-electron chi connectivity index (χ0n) is 13.2. The van der Waals surface area contributed by atoms with E-state index in [4.69, 9.17) is 30.3 Å². The highest BCUT2D eigenvalue weighted by Crippen LogP contribution is 2.13. The van der Waals surface area contributed by atoms with Crippen LogP contribution >= 0.6 is 0 Å². The number of methoxy groups -OCH3 is 1. The summed E-state index contributed by atoms with van der Waals surface area (Å²) in [6.45, 7) is 3.70. The van der Waals surface area contributed by atoms with Crippen LogP contribution in [0.1, 0.15) is 20.3 Å². The second kappa shape index (κ2) is 12.8. The van der Waals surface area contributed by atoms with E-state index in [1.165, 1.54) is 0 Å². The Morgan fingerprint density at radius 2 is 1.57 bits per heavy atom. The summed E-state index contributed by atoms with van der Waals surface area (Å²) in [6.07, 6.45) is -3.05. The van der Waals surface area contributed by atoms with E-state index in [-0.39, 0.29) is 12.7 Å². The molecule has 4 atom stereocenters. The molecule has 0 aromatic heterocycles. The first-order chi connectivity index (χ1) is 10.6. The normalized spacial score (nSPS) is 15.5. The van der Waals surface area contributed by atoms with Gasteiger partial charge in [0.15, 0.2) is 6.10 Å². The maximum atomic E-state index is 10.5. The van der Waals surface area contributed by atoms with Crippen molar-refractivity contribution in [2.24, 2.45) is 5.92 Å². The van der Waals surface area contributed by atoms with Crippen molar-refractivity contribution in [2.75, 3.05) is 20.3 Å². The van der Waals surface area contributed by atoms with E-state index in [2.05, 4.69) is 4.74 Å². The molecule has 5 N–H and O–H groups in total. The van der Waals surface area contributed by atoms with Crippen LogP contribution in [0.2, 0.25) is 0 Å². The summed E-state index contributed by atoms with van der Waals surface area (Å²) in [5.74, 6) is -5.99. The quantitative estimate of drug-likeness (QED) is 0.333. The highest BCUT2D eigenvalue weighted by molar-refractivity contribution is 5.85. The van der Waals surface area contributed by atoms with E-state index >= 15 is 0 Å². The van der Waals surface area contributed by atoms with Gasteiger partial charge in [0.25, 0.3) is 0 Å². The van der Waals surface area contributed by atoms with E-state index in [1.54, 1.807) is 13.8 Å². The fourth-order valence-electron chi connectivity index (χ4n) is 1.31. The van der Waals surface area contributed by atoms with Gasteiger partial charge >= 0.3 is 17.9 Å². The van der Waals surface area contributed by atoms with Crippen LogP contribution in [-0.2, 0) is 23.9 Å². The van der Waals surface area contributed by atoms with E-state index in [0.29, 0.717) is 6.61 Å². The van der Waals surface area contributed by atoms with Gasteiger partial charge in [-0.2, -0.15) is 0 Å². The molecule has 0 aromatic carbocycles. The third-order valence-electron chi connectivity index (χ3n) is 2.45. The SMILES string of the molecule is CC(O)COC(C)CO.COC(C(=O)O)C(CC(=O)O)C(=O)O. The maximum Gasteiger partial charge on any atom is 0.333 e. The summed E-state index contributed by atoms with van der Waals surface area (Å²) < 4.78 is 9.34. The molecule has 0 fully saturated rings. The Bertz CT molecular complexity index is 368. The van der Waals surface area contributed by atoms with Crippen molar-refractivity contribution in [3.63, 3.8) is 0 Å². The Hall–Kier alpha value is -1.75. The zero-order chi connectivity index (χ0) is 18.6. The average molecular weight is 340 g/mol. The van der Waals surface area contributed by atoms with Gasteiger partial charge < -0.3 is 35.0 Å². The van der Waals surface area contributed by atoms with Gasteiger partial charge in [0, 0.05) is 7.11 Å².